The monoisotopic (exact) mass is 518 g/mol. The molecule has 37 heavy (non-hydrogen) atoms. The Kier molecular flexibility index (Phi) is 16.6. The SMILES string of the molecule is CC.CC.CC.Cc1ccc(C)c(-c2ccccc2)c1.Cc1ccc(S(=O)(=O)c2ccc(C)cc2)cc1. The zero-order chi connectivity index (χ0) is 28.4. The Morgan fingerprint density at radius 1 is 0.459 bits per heavy atom. The Labute approximate surface area is 227 Å². The molecule has 0 aliphatic heterocycles. The van der Waals surface area contributed by atoms with Crippen LogP contribution < -0.4 is 0 Å². The first kappa shape index (κ1) is 33.8. The van der Waals surface area contributed by atoms with Crippen LogP contribution in [0.4, 0.5) is 0 Å². The molecule has 0 bridgehead atoms. The highest BCUT2D eigenvalue weighted by Gasteiger charge is 2.16. The lowest BCUT2D eigenvalue weighted by molar-refractivity contribution is 0.596. The molecule has 0 fully saturated rings. The van der Waals surface area contributed by atoms with Crippen LogP contribution in [-0.4, -0.2) is 8.42 Å². The van der Waals surface area contributed by atoms with E-state index in [-0.39, 0.29) is 0 Å². The van der Waals surface area contributed by atoms with E-state index in [0.29, 0.717) is 9.79 Å². The van der Waals surface area contributed by atoms with Crippen molar-refractivity contribution in [3.63, 3.8) is 0 Å². The molecule has 4 rings (SSSR count). The molecule has 0 amide bonds. The highest BCUT2D eigenvalue weighted by atomic mass is 32.2. The Hall–Kier alpha value is -3.17. The van der Waals surface area contributed by atoms with Gasteiger partial charge in [0.25, 0.3) is 0 Å². The maximum Gasteiger partial charge on any atom is 0.206 e. The smallest absolute Gasteiger partial charge is 0.206 e. The summed E-state index contributed by atoms with van der Waals surface area (Å²) in [5, 5.41) is 0. The molecule has 0 spiro atoms. The molecule has 200 valence electrons. The van der Waals surface area contributed by atoms with Gasteiger partial charge in [-0.25, -0.2) is 8.42 Å². The maximum atomic E-state index is 12.3. The van der Waals surface area contributed by atoms with Gasteiger partial charge in [-0.2, -0.15) is 0 Å². The second-order valence-corrected chi connectivity index (χ2v) is 9.76. The molecule has 0 heterocycles. The van der Waals surface area contributed by atoms with Crippen molar-refractivity contribution in [2.75, 3.05) is 0 Å². The highest BCUT2D eigenvalue weighted by Crippen LogP contribution is 2.24. The summed E-state index contributed by atoms with van der Waals surface area (Å²) in [6.07, 6.45) is 0. The zero-order valence-electron chi connectivity index (χ0n) is 24.5. The van der Waals surface area contributed by atoms with Gasteiger partial charge in [0.05, 0.1) is 9.79 Å². The number of sulfone groups is 1. The lowest BCUT2D eigenvalue weighted by Gasteiger charge is -2.06. The highest BCUT2D eigenvalue weighted by molar-refractivity contribution is 7.91. The van der Waals surface area contributed by atoms with Crippen molar-refractivity contribution in [2.24, 2.45) is 0 Å². The van der Waals surface area contributed by atoms with Gasteiger partial charge < -0.3 is 0 Å². The van der Waals surface area contributed by atoms with Crippen molar-refractivity contribution >= 4 is 9.84 Å². The molecule has 4 aromatic rings. The van der Waals surface area contributed by atoms with E-state index in [4.69, 9.17) is 0 Å². The van der Waals surface area contributed by atoms with Crippen LogP contribution in [0, 0.1) is 27.7 Å². The van der Waals surface area contributed by atoms with Crippen molar-refractivity contribution < 1.29 is 8.42 Å². The predicted molar refractivity (Wildman–Crippen MR) is 163 cm³/mol. The minimum absolute atomic E-state index is 0.340. The summed E-state index contributed by atoms with van der Waals surface area (Å²) >= 11 is 0. The lowest BCUT2D eigenvalue weighted by Crippen LogP contribution is -2.01. The van der Waals surface area contributed by atoms with E-state index in [1.54, 1.807) is 48.5 Å². The maximum absolute atomic E-state index is 12.3. The average molecular weight is 519 g/mol. The third-order valence-electron chi connectivity index (χ3n) is 5.14. The van der Waals surface area contributed by atoms with Gasteiger partial charge in [-0.15, -0.1) is 0 Å². The quantitative estimate of drug-likeness (QED) is 0.270. The van der Waals surface area contributed by atoms with Crippen molar-refractivity contribution in [3.8, 4) is 11.1 Å². The van der Waals surface area contributed by atoms with E-state index in [2.05, 4.69) is 62.4 Å². The molecule has 0 aromatic heterocycles. The van der Waals surface area contributed by atoms with Crippen LogP contribution in [0.3, 0.4) is 0 Å². The van der Waals surface area contributed by atoms with Crippen LogP contribution in [0.1, 0.15) is 63.8 Å². The molecule has 0 radical (unpaired) electrons. The van der Waals surface area contributed by atoms with Crippen LogP contribution in [-0.2, 0) is 9.84 Å². The average Bonchev–Trinajstić information content (AvgIpc) is 2.95. The first-order valence-corrected chi connectivity index (χ1v) is 14.8. The molecule has 3 heteroatoms. The van der Waals surface area contributed by atoms with Gasteiger partial charge in [0.15, 0.2) is 0 Å². The molecule has 4 aromatic carbocycles. The van der Waals surface area contributed by atoms with Crippen LogP contribution in [0.25, 0.3) is 11.1 Å². The van der Waals surface area contributed by atoms with Gasteiger partial charge in [0, 0.05) is 0 Å². The normalized spacial score (nSPS) is 9.57. The van der Waals surface area contributed by atoms with Gasteiger partial charge in [0.1, 0.15) is 0 Å². The molecule has 0 atom stereocenters. The molecule has 0 N–H and O–H groups in total. The zero-order valence-corrected chi connectivity index (χ0v) is 25.3. The van der Waals surface area contributed by atoms with E-state index in [1.807, 2.05) is 55.4 Å². The molecular formula is C34H46O2S. The van der Waals surface area contributed by atoms with Crippen LogP contribution >= 0.6 is 0 Å². The van der Waals surface area contributed by atoms with Gasteiger partial charge in [0.2, 0.25) is 9.84 Å². The molecular weight excluding hydrogens is 472 g/mol. The fraction of sp³-hybridized carbons (Fsp3) is 0.294. The topological polar surface area (TPSA) is 34.1 Å². The molecule has 0 saturated carbocycles. The molecule has 0 aliphatic carbocycles. The van der Waals surface area contributed by atoms with Crippen molar-refractivity contribution in [2.45, 2.75) is 79.0 Å². The predicted octanol–water partition coefficient (Wildman–Crippen LogP) is 10.2. The third-order valence-corrected chi connectivity index (χ3v) is 6.93. The molecule has 0 unspecified atom stereocenters. The van der Waals surface area contributed by atoms with Gasteiger partial charge in [-0.05, 0) is 68.7 Å². The third kappa shape index (κ3) is 10.8. The van der Waals surface area contributed by atoms with Crippen LogP contribution in [0.15, 0.2) is 107 Å². The number of aryl methyl sites for hydroxylation is 4. The Bertz CT molecular complexity index is 1190. The Balaban J connectivity index is 0.000000590. The van der Waals surface area contributed by atoms with Crippen molar-refractivity contribution in [3.05, 3.63) is 119 Å². The summed E-state index contributed by atoms with van der Waals surface area (Å²) in [6.45, 7) is 20.2. The number of hydrogen-bond acceptors (Lipinski definition) is 2. The molecule has 2 nitrogen and oxygen atoms in total. The van der Waals surface area contributed by atoms with E-state index in [0.717, 1.165) is 11.1 Å². The lowest BCUT2D eigenvalue weighted by atomic mass is 9.99. The van der Waals surface area contributed by atoms with Gasteiger partial charge in [-0.3, -0.25) is 0 Å². The largest absolute Gasteiger partial charge is 0.219 e. The van der Waals surface area contributed by atoms with Gasteiger partial charge in [-0.1, -0.05) is 131 Å². The summed E-state index contributed by atoms with van der Waals surface area (Å²) in [7, 11) is -3.37. The number of rotatable bonds is 3. The van der Waals surface area contributed by atoms with Crippen LogP contribution in [0.2, 0.25) is 0 Å². The number of hydrogen-bond donors (Lipinski definition) is 0. The number of benzene rings is 4. The second-order valence-electron chi connectivity index (χ2n) is 7.81. The Morgan fingerprint density at radius 2 is 0.838 bits per heavy atom. The van der Waals surface area contributed by atoms with E-state index >= 15 is 0 Å². The fourth-order valence-electron chi connectivity index (χ4n) is 3.24. The van der Waals surface area contributed by atoms with Crippen molar-refractivity contribution in [1.82, 2.24) is 0 Å². The standard InChI is InChI=1S/C14H14O2S.C14H14.3C2H6/c1-11-3-7-13(8-4-11)17(15,16)14-9-5-12(2)6-10-14;1-11-8-9-12(2)14(10-11)13-6-4-3-5-7-13;3*1-2/h3-10H,1-2H3;3-10H,1-2H3;3*1-2H3. The van der Waals surface area contributed by atoms with Gasteiger partial charge >= 0.3 is 0 Å². The summed E-state index contributed by atoms with van der Waals surface area (Å²) in [4.78, 5) is 0.680. The molecule has 0 aliphatic rings. The second kappa shape index (κ2) is 18.1. The summed E-state index contributed by atoms with van der Waals surface area (Å²) in [5.74, 6) is 0. The first-order valence-electron chi connectivity index (χ1n) is 13.3. The Morgan fingerprint density at radius 3 is 1.24 bits per heavy atom. The van der Waals surface area contributed by atoms with E-state index in [1.165, 1.54) is 22.3 Å². The minimum Gasteiger partial charge on any atom is -0.219 e. The summed E-state index contributed by atoms with van der Waals surface area (Å²) in [5.41, 5.74) is 7.39. The fourth-order valence-corrected chi connectivity index (χ4v) is 4.50. The molecule has 0 saturated heterocycles. The van der Waals surface area contributed by atoms with E-state index in [9.17, 15) is 8.42 Å². The van der Waals surface area contributed by atoms with Crippen LogP contribution in [0.5, 0.6) is 0 Å². The summed E-state index contributed by atoms with van der Waals surface area (Å²) in [6, 6.07) is 30.9. The first-order chi connectivity index (χ1) is 17.8. The summed E-state index contributed by atoms with van der Waals surface area (Å²) < 4.78 is 24.5. The van der Waals surface area contributed by atoms with E-state index < -0.39 is 9.84 Å². The van der Waals surface area contributed by atoms with Crippen molar-refractivity contribution in [1.29, 1.82) is 0 Å². The minimum atomic E-state index is -3.37.